The summed E-state index contributed by atoms with van der Waals surface area (Å²) in [5.74, 6) is -0.408. The molecule has 0 atom stereocenters. The molecule has 0 heterocycles. The molecule has 0 aliphatic rings. The SMILES string of the molecule is CCCCCCCCOC(=O)C[N+](C)(C)CCC[N+](C)(CCC[N+](C)(C)CC(=O)OCCCCCCCC)CC(=O)OCCCCCCCC. The highest BCUT2D eigenvalue weighted by Crippen LogP contribution is 2.13. The first-order valence-corrected chi connectivity index (χ1v) is 20.7. The fourth-order valence-electron chi connectivity index (χ4n) is 6.54. The van der Waals surface area contributed by atoms with E-state index in [2.05, 4.69) is 56.0 Å². The van der Waals surface area contributed by atoms with Gasteiger partial charge >= 0.3 is 17.9 Å². The van der Waals surface area contributed by atoms with Gasteiger partial charge in [-0.1, -0.05) is 117 Å². The van der Waals surface area contributed by atoms with Crippen LogP contribution in [-0.4, -0.2) is 132 Å². The van der Waals surface area contributed by atoms with E-state index in [1.54, 1.807) is 0 Å². The second-order valence-electron chi connectivity index (χ2n) is 16.5. The topological polar surface area (TPSA) is 78.9 Å². The molecule has 0 aliphatic carbocycles. The van der Waals surface area contributed by atoms with Crippen molar-refractivity contribution >= 4 is 17.9 Å². The molecule has 0 bridgehead atoms. The number of carbonyl (C=O) groups is 3. The van der Waals surface area contributed by atoms with Gasteiger partial charge in [-0.3, -0.25) is 0 Å². The van der Waals surface area contributed by atoms with Crippen molar-refractivity contribution in [3.05, 3.63) is 0 Å². The number of likely N-dealkylation sites (N-methyl/N-ethyl adjacent to an activating group) is 3. The zero-order chi connectivity index (χ0) is 37.6. The Morgan fingerprint density at radius 1 is 0.360 bits per heavy atom. The number of hydrogen-bond acceptors (Lipinski definition) is 6. The first-order chi connectivity index (χ1) is 23.8. The summed E-state index contributed by atoms with van der Waals surface area (Å²) in [5.41, 5.74) is 0. The normalized spacial score (nSPS) is 12.2. The Morgan fingerprint density at radius 3 is 0.960 bits per heavy atom. The van der Waals surface area contributed by atoms with Crippen LogP contribution >= 0.6 is 0 Å². The van der Waals surface area contributed by atoms with Crippen LogP contribution in [0.2, 0.25) is 0 Å². The van der Waals surface area contributed by atoms with Gasteiger partial charge in [0.05, 0.1) is 81.2 Å². The summed E-state index contributed by atoms with van der Waals surface area (Å²) in [6, 6.07) is 0. The predicted molar refractivity (Wildman–Crippen MR) is 207 cm³/mol. The third-order valence-corrected chi connectivity index (χ3v) is 9.83. The third kappa shape index (κ3) is 30.0. The van der Waals surface area contributed by atoms with Crippen molar-refractivity contribution in [2.75, 3.05) is 101 Å². The maximum Gasteiger partial charge on any atom is 0.361 e. The molecule has 0 amide bonds. The number of ether oxygens (including phenoxy) is 3. The maximum atomic E-state index is 13.0. The molecule has 0 rings (SSSR count). The van der Waals surface area contributed by atoms with Crippen LogP contribution in [0.5, 0.6) is 0 Å². The molecule has 0 aliphatic heterocycles. The van der Waals surface area contributed by atoms with E-state index in [0.717, 1.165) is 77.5 Å². The largest absolute Gasteiger partial charge is 0.462 e. The van der Waals surface area contributed by atoms with Crippen molar-refractivity contribution in [1.82, 2.24) is 0 Å². The van der Waals surface area contributed by atoms with Crippen LogP contribution < -0.4 is 0 Å². The number of carbonyl (C=O) groups excluding carboxylic acids is 3. The molecule has 0 aromatic carbocycles. The van der Waals surface area contributed by atoms with Gasteiger partial charge in [-0.2, -0.15) is 0 Å². The van der Waals surface area contributed by atoms with Crippen molar-refractivity contribution in [3.63, 3.8) is 0 Å². The molecule has 9 heteroatoms. The molecule has 0 aromatic heterocycles. The molecule has 0 aromatic rings. The average molecular weight is 715 g/mol. The standard InChI is InChI=1S/C41H84N3O6/c1-9-12-15-18-21-24-33-48-39(45)36-42(4,5)29-27-31-44(8,38-41(47)50-35-26-23-20-17-14-11-3)32-28-30-43(6,7)37-40(46)49-34-25-22-19-16-13-10-2/h9-38H2,1-8H3/q+3. The summed E-state index contributed by atoms with van der Waals surface area (Å²) in [5, 5.41) is 0. The van der Waals surface area contributed by atoms with Crippen molar-refractivity contribution in [2.24, 2.45) is 0 Å². The van der Waals surface area contributed by atoms with Gasteiger partial charge in [0, 0.05) is 12.8 Å². The number of nitrogens with zero attached hydrogens (tertiary/aromatic N) is 3. The molecular weight excluding hydrogens is 630 g/mol. The van der Waals surface area contributed by atoms with Gasteiger partial charge in [-0.25, -0.2) is 14.4 Å². The molecule has 0 N–H and O–H groups in total. The molecule has 9 nitrogen and oxygen atoms in total. The summed E-state index contributed by atoms with van der Waals surface area (Å²) < 4.78 is 18.5. The number of esters is 3. The highest BCUT2D eigenvalue weighted by molar-refractivity contribution is 5.71. The number of quaternary nitrogens is 3. The molecular formula is C41H84N3O6+3. The van der Waals surface area contributed by atoms with Crippen LogP contribution in [0, 0.1) is 0 Å². The smallest absolute Gasteiger partial charge is 0.361 e. The lowest BCUT2D eigenvalue weighted by molar-refractivity contribution is -0.921. The molecule has 0 saturated carbocycles. The van der Waals surface area contributed by atoms with E-state index in [-0.39, 0.29) is 17.9 Å². The highest BCUT2D eigenvalue weighted by Gasteiger charge is 2.30. The predicted octanol–water partition coefficient (Wildman–Crippen LogP) is 8.08. The number of rotatable bonds is 35. The van der Waals surface area contributed by atoms with E-state index in [1.165, 1.54) is 77.0 Å². The van der Waals surface area contributed by atoms with Gasteiger partial charge in [0.2, 0.25) is 0 Å². The Bertz CT molecular complexity index is 813. The third-order valence-electron chi connectivity index (χ3n) is 9.83. The Kier molecular flexibility index (Phi) is 28.8. The van der Waals surface area contributed by atoms with E-state index >= 15 is 0 Å². The summed E-state index contributed by atoms with van der Waals surface area (Å²) in [6.45, 7) is 12.4. The fraction of sp³-hybridized carbons (Fsp3) is 0.927. The fourth-order valence-corrected chi connectivity index (χ4v) is 6.54. The van der Waals surface area contributed by atoms with E-state index in [9.17, 15) is 14.4 Å². The highest BCUT2D eigenvalue weighted by atomic mass is 16.5. The van der Waals surface area contributed by atoms with Crippen molar-refractivity contribution in [3.8, 4) is 0 Å². The molecule has 0 unspecified atom stereocenters. The van der Waals surface area contributed by atoms with Crippen LogP contribution in [-0.2, 0) is 28.6 Å². The molecule has 0 fully saturated rings. The van der Waals surface area contributed by atoms with Crippen molar-refractivity contribution < 1.29 is 42.0 Å². The summed E-state index contributed by atoms with van der Waals surface area (Å²) in [7, 11) is 10.5. The van der Waals surface area contributed by atoms with Gasteiger partial charge in [0.15, 0.2) is 19.6 Å². The molecule has 0 radical (unpaired) electrons. The van der Waals surface area contributed by atoms with Gasteiger partial charge in [-0.15, -0.1) is 0 Å². The van der Waals surface area contributed by atoms with E-state index in [0.29, 0.717) is 52.9 Å². The molecule has 0 saturated heterocycles. The lowest BCUT2D eigenvalue weighted by Gasteiger charge is -2.36. The molecule has 50 heavy (non-hydrogen) atoms. The van der Waals surface area contributed by atoms with Gasteiger partial charge in [0.1, 0.15) is 0 Å². The first kappa shape index (κ1) is 48.3. The van der Waals surface area contributed by atoms with Crippen LogP contribution in [0.3, 0.4) is 0 Å². The summed E-state index contributed by atoms with van der Waals surface area (Å²) in [4.78, 5) is 38.2. The zero-order valence-corrected chi connectivity index (χ0v) is 34.5. The van der Waals surface area contributed by atoms with Crippen LogP contribution in [0.25, 0.3) is 0 Å². The van der Waals surface area contributed by atoms with Crippen molar-refractivity contribution in [2.45, 2.75) is 149 Å². The van der Waals surface area contributed by atoms with Crippen LogP contribution in [0.15, 0.2) is 0 Å². The minimum absolute atomic E-state index is 0.135. The Balaban J connectivity index is 4.93. The quantitative estimate of drug-likeness (QED) is 0.0286. The van der Waals surface area contributed by atoms with Gasteiger partial charge in [0.25, 0.3) is 0 Å². The van der Waals surface area contributed by atoms with E-state index < -0.39 is 0 Å². The van der Waals surface area contributed by atoms with Gasteiger partial charge in [-0.05, 0) is 19.3 Å². The Morgan fingerprint density at radius 2 is 0.640 bits per heavy atom. The second kappa shape index (κ2) is 29.8. The van der Waals surface area contributed by atoms with Crippen LogP contribution in [0.1, 0.15) is 149 Å². The van der Waals surface area contributed by atoms with E-state index in [1.807, 2.05) is 0 Å². The minimum Gasteiger partial charge on any atom is -0.462 e. The second-order valence-corrected chi connectivity index (χ2v) is 16.5. The average Bonchev–Trinajstić information content (AvgIpc) is 3.02. The lowest BCUT2D eigenvalue weighted by atomic mass is 10.1. The monoisotopic (exact) mass is 715 g/mol. The Hall–Kier alpha value is -1.71. The Labute approximate surface area is 309 Å². The van der Waals surface area contributed by atoms with Crippen LogP contribution in [0.4, 0.5) is 0 Å². The minimum atomic E-state index is -0.139. The number of unbranched alkanes of at least 4 members (excludes halogenated alkanes) is 15. The van der Waals surface area contributed by atoms with Gasteiger partial charge < -0.3 is 27.7 Å². The van der Waals surface area contributed by atoms with E-state index in [4.69, 9.17) is 14.2 Å². The lowest BCUT2D eigenvalue weighted by Crippen LogP contribution is -2.53. The maximum absolute atomic E-state index is 13.0. The molecule has 0 spiro atoms. The number of hydrogen-bond donors (Lipinski definition) is 0. The zero-order valence-electron chi connectivity index (χ0n) is 34.5. The summed E-state index contributed by atoms with van der Waals surface area (Å²) in [6.07, 6.45) is 22.7. The molecule has 296 valence electrons. The first-order valence-electron chi connectivity index (χ1n) is 20.7. The van der Waals surface area contributed by atoms with Crippen molar-refractivity contribution in [1.29, 1.82) is 0 Å². The summed E-state index contributed by atoms with van der Waals surface area (Å²) >= 11 is 0.